The van der Waals surface area contributed by atoms with Crippen LogP contribution < -0.4 is 10.6 Å². The fourth-order valence-electron chi connectivity index (χ4n) is 0.893. The van der Waals surface area contributed by atoms with Crippen molar-refractivity contribution in [1.82, 2.24) is 10.6 Å². The molecular weight excluding hydrogens is 156 g/mol. The van der Waals surface area contributed by atoms with Gasteiger partial charge in [-0.15, -0.1) is 0 Å². The van der Waals surface area contributed by atoms with Crippen LogP contribution in [-0.2, 0) is 10.1 Å². The molecule has 1 rings (SSSR count). The van der Waals surface area contributed by atoms with Gasteiger partial charge in [-0.05, 0) is 0 Å². The lowest BCUT2D eigenvalue weighted by atomic mass is 10.6. The summed E-state index contributed by atoms with van der Waals surface area (Å²) in [5.74, 6) is -0.257. The van der Waals surface area contributed by atoms with Gasteiger partial charge in [-0.2, -0.15) is 8.42 Å². The minimum absolute atomic E-state index is 0.257. The number of nitrogens with one attached hydrogen (secondary N) is 2. The van der Waals surface area contributed by atoms with E-state index in [2.05, 4.69) is 10.6 Å². The van der Waals surface area contributed by atoms with Crippen molar-refractivity contribution in [3.8, 4) is 0 Å². The quantitative estimate of drug-likeness (QED) is 0.430. The Morgan fingerprint density at radius 1 is 1.40 bits per heavy atom. The molecule has 1 heterocycles. The molecule has 3 N–H and O–H groups in total. The smallest absolute Gasteiger partial charge is 0.267 e. The molecule has 0 saturated carbocycles. The maximum atomic E-state index is 10.3. The second-order valence-electron chi connectivity index (χ2n) is 2.21. The highest BCUT2D eigenvalue weighted by Crippen LogP contribution is 1.90. The summed E-state index contributed by atoms with van der Waals surface area (Å²) in [7, 11) is -3.83. The Morgan fingerprint density at radius 2 is 1.90 bits per heavy atom. The zero-order valence-electron chi connectivity index (χ0n) is 5.37. The predicted molar refractivity (Wildman–Crippen MR) is 36.2 cm³/mol. The van der Waals surface area contributed by atoms with E-state index < -0.39 is 10.1 Å². The normalized spacial score (nSPS) is 21.7. The Kier molecular flexibility index (Phi) is 2.24. The van der Waals surface area contributed by atoms with Crippen LogP contribution in [0.4, 0.5) is 0 Å². The van der Waals surface area contributed by atoms with E-state index in [-0.39, 0.29) is 11.9 Å². The molecule has 1 fully saturated rings. The molecule has 0 bridgehead atoms. The van der Waals surface area contributed by atoms with E-state index in [4.69, 9.17) is 4.55 Å². The molecule has 6 heteroatoms. The summed E-state index contributed by atoms with van der Waals surface area (Å²) in [6.07, 6.45) is -0.282. The molecule has 60 valence electrons. The molecule has 5 nitrogen and oxygen atoms in total. The molecule has 1 saturated heterocycles. The van der Waals surface area contributed by atoms with Gasteiger partial charge >= 0.3 is 0 Å². The van der Waals surface area contributed by atoms with E-state index in [0.717, 1.165) is 13.1 Å². The van der Waals surface area contributed by atoms with E-state index in [1.165, 1.54) is 0 Å². The van der Waals surface area contributed by atoms with Crippen molar-refractivity contribution in [2.45, 2.75) is 6.17 Å². The zero-order chi connectivity index (χ0) is 7.61. The minimum Gasteiger partial charge on any atom is -0.300 e. The van der Waals surface area contributed by atoms with Crippen LogP contribution in [0.5, 0.6) is 0 Å². The largest absolute Gasteiger partial charge is 0.300 e. The van der Waals surface area contributed by atoms with E-state index in [9.17, 15) is 8.42 Å². The van der Waals surface area contributed by atoms with Crippen molar-refractivity contribution in [3.63, 3.8) is 0 Å². The maximum Gasteiger partial charge on any atom is 0.267 e. The van der Waals surface area contributed by atoms with Crippen molar-refractivity contribution in [2.24, 2.45) is 0 Å². The Labute approximate surface area is 59.6 Å². The fraction of sp³-hybridized carbons (Fsp3) is 1.00. The van der Waals surface area contributed by atoms with Crippen molar-refractivity contribution < 1.29 is 13.0 Å². The van der Waals surface area contributed by atoms with Gasteiger partial charge in [0.1, 0.15) is 5.75 Å². The first-order valence-electron chi connectivity index (χ1n) is 3.00. The highest BCUT2D eigenvalue weighted by Gasteiger charge is 2.18. The third-order valence-electron chi connectivity index (χ3n) is 1.28. The predicted octanol–water partition coefficient (Wildman–Crippen LogP) is -1.61. The first kappa shape index (κ1) is 7.93. The molecule has 0 amide bonds. The molecule has 0 unspecified atom stereocenters. The molecule has 0 aromatic heterocycles. The van der Waals surface area contributed by atoms with E-state index >= 15 is 0 Å². The van der Waals surface area contributed by atoms with Gasteiger partial charge in [-0.1, -0.05) is 0 Å². The third kappa shape index (κ3) is 2.61. The Morgan fingerprint density at radius 3 is 2.30 bits per heavy atom. The molecule has 0 radical (unpaired) electrons. The fourth-order valence-corrected chi connectivity index (χ4v) is 1.55. The van der Waals surface area contributed by atoms with Gasteiger partial charge in [0.2, 0.25) is 0 Å². The van der Waals surface area contributed by atoms with Crippen LogP contribution in [0.1, 0.15) is 0 Å². The van der Waals surface area contributed by atoms with Crippen molar-refractivity contribution in [2.75, 3.05) is 18.8 Å². The van der Waals surface area contributed by atoms with E-state index in [1.54, 1.807) is 0 Å². The zero-order valence-corrected chi connectivity index (χ0v) is 6.19. The van der Waals surface area contributed by atoms with Gasteiger partial charge in [0, 0.05) is 13.1 Å². The topological polar surface area (TPSA) is 78.4 Å². The van der Waals surface area contributed by atoms with E-state index in [1.807, 2.05) is 0 Å². The van der Waals surface area contributed by atoms with Gasteiger partial charge in [-0.3, -0.25) is 15.2 Å². The Balaban J connectivity index is 2.38. The summed E-state index contributed by atoms with van der Waals surface area (Å²) in [4.78, 5) is 0. The highest BCUT2D eigenvalue weighted by molar-refractivity contribution is 7.85. The molecule has 0 aliphatic carbocycles. The first-order chi connectivity index (χ1) is 4.58. The van der Waals surface area contributed by atoms with E-state index in [0.29, 0.717) is 0 Å². The maximum absolute atomic E-state index is 10.3. The number of hydrogen-bond donors (Lipinski definition) is 3. The summed E-state index contributed by atoms with van der Waals surface area (Å²) in [6, 6.07) is 0. The third-order valence-corrected chi connectivity index (χ3v) is 2.04. The Bertz CT molecular complexity index is 195. The molecular formula is C4H10N2O3S. The molecule has 0 aromatic carbocycles. The van der Waals surface area contributed by atoms with Gasteiger partial charge in [0.05, 0.1) is 6.17 Å². The minimum atomic E-state index is -3.83. The summed E-state index contributed by atoms with van der Waals surface area (Å²) in [5.41, 5.74) is 0. The van der Waals surface area contributed by atoms with Gasteiger partial charge in [0.15, 0.2) is 0 Å². The molecule has 1 aliphatic rings. The van der Waals surface area contributed by atoms with Crippen LogP contribution in [-0.4, -0.2) is 38.0 Å². The standard InChI is InChI=1S/C4H10N2O3S/c7-10(8,9)3-4-5-1-2-6-4/h4-6H,1-3H2,(H,7,8,9). The lowest BCUT2D eigenvalue weighted by Gasteiger charge is -2.06. The Hall–Kier alpha value is -0.170. The first-order valence-corrected chi connectivity index (χ1v) is 4.61. The van der Waals surface area contributed by atoms with Gasteiger partial charge in [0.25, 0.3) is 10.1 Å². The van der Waals surface area contributed by atoms with Gasteiger partial charge < -0.3 is 0 Å². The molecule has 0 atom stereocenters. The number of rotatable bonds is 2. The lowest BCUT2D eigenvalue weighted by Crippen LogP contribution is -2.37. The highest BCUT2D eigenvalue weighted by atomic mass is 32.2. The van der Waals surface area contributed by atoms with Crippen LogP contribution in [0.25, 0.3) is 0 Å². The van der Waals surface area contributed by atoms with Crippen LogP contribution >= 0.6 is 0 Å². The molecule has 10 heavy (non-hydrogen) atoms. The summed E-state index contributed by atoms with van der Waals surface area (Å²) in [6.45, 7) is 1.50. The molecule has 1 aliphatic heterocycles. The SMILES string of the molecule is O=S(=O)(O)CC1NCCN1. The van der Waals surface area contributed by atoms with Gasteiger partial charge in [-0.25, -0.2) is 0 Å². The summed E-state index contributed by atoms with van der Waals surface area (Å²) < 4.78 is 28.9. The van der Waals surface area contributed by atoms with Crippen molar-refractivity contribution >= 4 is 10.1 Å². The van der Waals surface area contributed by atoms with Crippen LogP contribution in [0.3, 0.4) is 0 Å². The second-order valence-corrected chi connectivity index (χ2v) is 3.71. The van der Waals surface area contributed by atoms with Crippen molar-refractivity contribution in [1.29, 1.82) is 0 Å². The lowest BCUT2D eigenvalue weighted by molar-refractivity contribution is 0.467. The summed E-state index contributed by atoms with van der Waals surface area (Å²) in [5, 5.41) is 5.73. The average Bonchev–Trinajstić information content (AvgIpc) is 2.12. The number of hydrogen-bond acceptors (Lipinski definition) is 4. The van der Waals surface area contributed by atoms with Crippen LogP contribution in [0.15, 0.2) is 0 Å². The van der Waals surface area contributed by atoms with Crippen molar-refractivity contribution in [3.05, 3.63) is 0 Å². The molecule has 0 spiro atoms. The average molecular weight is 166 g/mol. The van der Waals surface area contributed by atoms with Crippen LogP contribution in [0, 0.1) is 0 Å². The summed E-state index contributed by atoms with van der Waals surface area (Å²) >= 11 is 0. The second kappa shape index (κ2) is 2.83. The molecule has 0 aromatic rings. The monoisotopic (exact) mass is 166 g/mol. The van der Waals surface area contributed by atoms with Crippen LogP contribution in [0.2, 0.25) is 0 Å².